The van der Waals surface area contributed by atoms with Crippen molar-refractivity contribution in [1.82, 2.24) is 4.72 Å². The van der Waals surface area contributed by atoms with Crippen LogP contribution in [0.1, 0.15) is 41.1 Å². The van der Waals surface area contributed by atoms with Gasteiger partial charge in [0.15, 0.2) is 0 Å². The molecule has 1 N–H and O–H groups in total. The summed E-state index contributed by atoms with van der Waals surface area (Å²) in [6, 6.07) is 15.7. The van der Waals surface area contributed by atoms with Crippen molar-refractivity contribution in [3.05, 3.63) is 70.8 Å². The fraction of sp³-hybridized carbons (Fsp3) is 0.333. The Bertz CT molecular complexity index is 768. The summed E-state index contributed by atoms with van der Waals surface area (Å²) in [5.74, 6) is 0.0351. The first-order valence-electron chi connectivity index (χ1n) is 7.67. The number of sulfonamides is 1. The van der Waals surface area contributed by atoms with Crippen LogP contribution in [0.4, 0.5) is 0 Å². The maximum atomic E-state index is 12.5. The summed E-state index contributed by atoms with van der Waals surface area (Å²) in [4.78, 5) is 0. The van der Waals surface area contributed by atoms with Crippen molar-refractivity contribution in [2.24, 2.45) is 0 Å². The molecule has 1 aliphatic rings. The van der Waals surface area contributed by atoms with E-state index < -0.39 is 10.0 Å². The molecule has 0 heterocycles. The third-order valence-electron chi connectivity index (χ3n) is 4.13. The lowest BCUT2D eigenvalue weighted by Crippen LogP contribution is -2.32. The number of benzene rings is 2. The van der Waals surface area contributed by atoms with Gasteiger partial charge in [0.25, 0.3) is 0 Å². The molecule has 0 fully saturated rings. The highest BCUT2D eigenvalue weighted by molar-refractivity contribution is 7.88. The molecule has 22 heavy (non-hydrogen) atoms. The van der Waals surface area contributed by atoms with Gasteiger partial charge in [-0.15, -0.1) is 0 Å². The average molecular weight is 315 g/mol. The molecule has 3 nitrogen and oxygen atoms in total. The number of fused-ring (bicyclic) bond motifs is 1. The molecule has 0 amide bonds. The molecule has 2 aromatic carbocycles. The Morgan fingerprint density at radius 3 is 2.77 bits per heavy atom. The van der Waals surface area contributed by atoms with Crippen LogP contribution in [0, 0.1) is 6.92 Å². The van der Waals surface area contributed by atoms with E-state index in [1.807, 2.05) is 49.4 Å². The first-order valence-corrected chi connectivity index (χ1v) is 9.32. The lowest BCUT2D eigenvalue weighted by Gasteiger charge is -2.26. The third kappa shape index (κ3) is 3.57. The zero-order valence-corrected chi connectivity index (χ0v) is 13.6. The first kappa shape index (κ1) is 15.3. The molecule has 0 bridgehead atoms. The predicted octanol–water partition coefficient (Wildman–Crippen LogP) is 3.49. The summed E-state index contributed by atoms with van der Waals surface area (Å²) in [7, 11) is -3.34. The van der Waals surface area contributed by atoms with E-state index in [9.17, 15) is 8.42 Å². The van der Waals surface area contributed by atoms with Gasteiger partial charge in [-0.25, -0.2) is 13.1 Å². The molecule has 4 heteroatoms. The van der Waals surface area contributed by atoms with Gasteiger partial charge in [0.1, 0.15) is 0 Å². The van der Waals surface area contributed by atoms with Crippen LogP contribution in [-0.4, -0.2) is 8.42 Å². The molecule has 0 saturated carbocycles. The van der Waals surface area contributed by atoms with Crippen LogP contribution in [0.15, 0.2) is 48.5 Å². The standard InChI is InChI=1S/C18H21NO2S/c1-14-6-4-7-15(12-14)13-22(20,21)19-18-11-5-9-16-8-2-3-10-17(16)18/h2-4,6-8,10,12,18-19H,5,9,11,13H2,1H3/t18-/m1/s1. The lowest BCUT2D eigenvalue weighted by molar-refractivity contribution is 0.507. The second kappa shape index (κ2) is 6.23. The van der Waals surface area contributed by atoms with E-state index in [1.165, 1.54) is 5.56 Å². The van der Waals surface area contributed by atoms with E-state index in [0.29, 0.717) is 0 Å². The fourth-order valence-electron chi connectivity index (χ4n) is 3.16. The van der Waals surface area contributed by atoms with E-state index in [0.717, 1.165) is 36.0 Å². The van der Waals surface area contributed by atoms with E-state index in [1.54, 1.807) is 0 Å². The van der Waals surface area contributed by atoms with Crippen molar-refractivity contribution in [2.45, 2.75) is 38.0 Å². The third-order valence-corrected chi connectivity index (χ3v) is 5.49. The highest BCUT2D eigenvalue weighted by atomic mass is 32.2. The molecule has 3 rings (SSSR count). The van der Waals surface area contributed by atoms with Crippen molar-refractivity contribution >= 4 is 10.0 Å². The molecule has 1 atom stereocenters. The van der Waals surface area contributed by atoms with Gasteiger partial charge in [-0.1, -0.05) is 54.1 Å². The topological polar surface area (TPSA) is 46.2 Å². The van der Waals surface area contributed by atoms with Crippen LogP contribution in [0.2, 0.25) is 0 Å². The molecule has 2 aromatic rings. The molecule has 0 aromatic heterocycles. The van der Waals surface area contributed by atoms with Crippen molar-refractivity contribution in [3.8, 4) is 0 Å². The van der Waals surface area contributed by atoms with Crippen LogP contribution in [0.25, 0.3) is 0 Å². The van der Waals surface area contributed by atoms with E-state index in [2.05, 4.69) is 10.8 Å². The fourth-order valence-corrected chi connectivity index (χ4v) is 4.54. The second-order valence-electron chi connectivity index (χ2n) is 6.01. The van der Waals surface area contributed by atoms with Gasteiger partial charge in [0, 0.05) is 6.04 Å². The Morgan fingerprint density at radius 1 is 1.14 bits per heavy atom. The quantitative estimate of drug-likeness (QED) is 0.938. The smallest absolute Gasteiger partial charge is 0.212 e. The van der Waals surface area contributed by atoms with E-state index in [4.69, 9.17) is 0 Å². The molecule has 0 unspecified atom stereocenters. The minimum Gasteiger partial charge on any atom is -0.212 e. The number of aryl methyl sites for hydroxylation is 2. The summed E-state index contributed by atoms with van der Waals surface area (Å²) in [6.07, 6.45) is 2.92. The second-order valence-corrected chi connectivity index (χ2v) is 7.76. The van der Waals surface area contributed by atoms with Crippen LogP contribution in [-0.2, 0) is 22.2 Å². The van der Waals surface area contributed by atoms with Crippen molar-refractivity contribution in [3.63, 3.8) is 0 Å². The highest BCUT2D eigenvalue weighted by Gasteiger charge is 2.24. The Hall–Kier alpha value is -1.65. The summed E-state index contributed by atoms with van der Waals surface area (Å²) in [6.45, 7) is 1.97. The summed E-state index contributed by atoms with van der Waals surface area (Å²) in [5, 5.41) is 0. The van der Waals surface area contributed by atoms with Crippen molar-refractivity contribution in [2.75, 3.05) is 0 Å². The Balaban J connectivity index is 1.78. The van der Waals surface area contributed by atoms with Gasteiger partial charge in [-0.3, -0.25) is 0 Å². The zero-order chi connectivity index (χ0) is 15.6. The number of rotatable bonds is 4. The number of hydrogen-bond donors (Lipinski definition) is 1. The Labute approximate surface area is 132 Å². The van der Waals surface area contributed by atoms with Crippen LogP contribution in [0.5, 0.6) is 0 Å². The maximum absolute atomic E-state index is 12.5. The van der Waals surface area contributed by atoms with Crippen molar-refractivity contribution < 1.29 is 8.42 Å². The molecule has 0 spiro atoms. The summed E-state index contributed by atoms with van der Waals surface area (Å²) >= 11 is 0. The Morgan fingerprint density at radius 2 is 1.95 bits per heavy atom. The molecule has 116 valence electrons. The van der Waals surface area contributed by atoms with Crippen LogP contribution < -0.4 is 4.72 Å². The predicted molar refractivity (Wildman–Crippen MR) is 89.1 cm³/mol. The minimum atomic E-state index is -3.34. The molecular formula is C18H21NO2S. The average Bonchev–Trinajstić information content (AvgIpc) is 2.47. The summed E-state index contributed by atoms with van der Waals surface area (Å²) in [5.41, 5.74) is 4.30. The van der Waals surface area contributed by atoms with E-state index in [-0.39, 0.29) is 11.8 Å². The summed E-state index contributed by atoms with van der Waals surface area (Å²) < 4.78 is 27.8. The first-order chi connectivity index (χ1) is 10.5. The zero-order valence-electron chi connectivity index (χ0n) is 12.7. The molecule has 1 aliphatic carbocycles. The largest absolute Gasteiger partial charge is 0.216 e. The SMILES string of the molecule is Cc1cccc(CS(=O)(=O)N[C@@H]2CCCc3ccccc32)c1. The molecule has 0 radical (unpaired) electrons. The maximum Gasteiger partial charge on any atom is 0.216 e. The number of hydrogen-bond acceptors (Lipinski definition) is 2. The van der Waals surface area contributed by atoms with Crippen LogP contribution in [0.3, 0.4) is 0 Å². The van der Waals surface area contributed by atoms with Gasteiger partial charge in [0.05, 0.1) is 5.75 Å². The van der Waals surface area contributed by atoms with Gasteiger partial charge >= 0.3 is 0 Å². The van der Waals surface area contributed by atoms with Crippen molar-refractivity contribution in [1.29, 1.82) is 0 Å². The lowest BCUT2D eigenvalue weighted by atomic mass is 9.88. The Kier molecular flexibility index (Phi) is 4.32. The van der Waals surface area contributed by atoms with Gasteiger partial charge in [0.2, 0.25) is 10.0 Å². The number of nitrogens with one attached hydrogen (secondary N) is 1. The molecule has 0 aliphatic heterocycles. The molecule has 0 saturated heterocycles. The van der Waals surface area contributed by atoms with Gasteiger partial charge < -0.3 is 0 Å². The van der Waals surface area contributed by atoms with Gasteiger partial charge in [-0.2, -0.15) is 0 Å². The molecular weight excluding hydrogens is 294 g/mol. The highest BCUT2D eigenvalue weighted by Crippen LogP contribution is 2.30. The minimum absolute atomic E-state index is 0.0351. The van der Waals surface area contributed by atoms with Gasteiger partial charge in [-0.05, 0) is 42.9 Å². The van der Waals surface area contributed by atoms with E-state index >= 15 is 0 Å². The normalized spacial score (nSPS) is 18.0. The monoisotopic (exact) mass is 315 g/mol. The van der Waals surface area contributed by atoms with Crippen LogP contribution >= 0.6 is 0 Å².